The molecule has 5 heteroatoms. The van der Waals surface area contributed by atoms with Crippen LogP contribution in [0.1, 0.15) is 40.9 Å². The number of nitrogens with zero attached hydrogens (tertiary/aromatic N) is 3. The Balaban J connectivity index is 1.47. The highest BCUT2D eigenvalue weighted by Crippen LogP contribution is 2.24. The molecule has 1 aliphatic heterocycles. The standard InChI is InChI=1S/C17H21N3O2/c1-20-7-8-21-15(11-20)17-18-16(19-22-17)10-12-5-6-13-3-2-4-14(13)9-12/h5-6,9,15H,2-4,7-8,10-11H2,1H3. The van der Waals surface area contributed by atoms with E-state index in [4.69, 9.17) is 9.26 Å². The summed E-state index contributed by atoms with van der Waals surface area (Å²) in [6, 6.07) is 6.73. The van der Waals surface area contributed by atoms with Gasteiger partial charge in [0.15, 0.2) is 5.82 Å². The molecule has 22 heavy (non-hydrogen) atoms. The average molecular weight is 299 g/mol. The van der Waals surface area contributed by atoms with Crippen LogP contribution in [0.15, 0.2) is 22.7 Å². The van der Waals surface area contributed by atoms with Crippen molar-refractivity contribution in [1.82, 2.24) is 15.0 Å². The quantitative estimate of drug-likeness (QED) is 0.869. The highest BCUT2D eigenvalue weighted by molar-refractivity contribution is 5.36. The van der Waals surface area contributed by atoms with E-state index < -0.39 is 0 Å². The summed E-state index contributed by atoms with van der Waals surface area (Å²) < 4.78 is 11.1. The Hall–Kier alpha value is -1.72. The summed E-state index contributed by atoms with van der Waals surface area (Å²) in [5.74, 6) is 1.34. The number of likely N-dealkylation sites (N-methyl/N-ethyl adjacent to an activating group) is 1. The van der Waals surface area contributed by atoms with Crippen molar-refractivity contribution < 1.29 is 9.26 Å². The number of rotatable bonds is 3. The van der Waals surface area contributed by atoms with Crippen LogP contribution in [0.4, 0.5) is 0 Å². The summed E-state index contributed by atoms with van der Waals surface area (Å²) in [5, 5.41) is 4.12. The first kappa shape index (κ1) is 13.9. The molecule has 1 saturated heterocycles. The van der Waals surface area contributed by atoms with Crippen molar-refractivity contribution in [2.45, 2.75) is 31.8 Å². The summed E-state index contributed by atoms with van der Waals surface area (Å²) in [6.45, 7) is 2.47. The summed E-state index contributed by atoms with van der Waals surface area (Å²) in [5.41, 5.74) is 4.24. The first-order valence-electron chi connectivity index (χ1n) is 8.01. The molecule has 0 bridgehead atoms. The molecule has 0 spiro atoms. The van der Waals surface area contributed by atoms with Gasteiger partial charge in [-0.25, -0.2) is 0 Å². The topological polar surface area (TPSA) is 51.4 Å². The van der Waals surface area contributed by atoms with Gasteiger partial charge in [0.25, 0.3) is 5.89 Å². The predicted molar refractivity (Wildman–Crippen MR) is 81.8 cm³/mol. The minimum atomic E-state index is -0.0972. The van der Waals surface area contributed by atoms with E-state index in [0.29, 0.717) is 12.5 Å². The van der Waals surface area contributed by atoms with E-state index >= 15 is 0 Å². The minimum absolute atomic E-state index is 0.0972. The fraction of sp³-hybridized carbons (Fsp3) is 0.529. The maximum Gasteiger partial charge on any atom is 0.257 e. The third kappa shape index (κ3) is 2.78. The van der Waals surface area contributed by atoms with Crippen LogP contribution in [0.25, 0.3) is 0 Å². The zero-order chi connectivity index (χ0) is 14.9. The van der Waals surface area contributed by atoms with Crippen molar-refractivity contribution in [2.75, 3.05) is 26.7 Å². The smallest absolute Gasteiger partial charge is 0.257 e. The molecule has 116 valence electrons. The second-order valence-electron chi connectivity index (χ2n) is 6.30. The molecule has 1 aliphatic carbocycles. The van der Waals surface area contributed by atoms with Crippen molar-refractivity contribution >= 4 is 0 Å². The van der Waals surface area contributed by atoms with Gasteiger partial charge in [-0.1, -0.05) is 23.4 Å². The van der Waals surface area contributed by atoms with Gasteiger partial charge in [0.2, 0.25) is 0 Å². The number of hydrogen-bond donors (Lipinski definition) is 0. The molecule has 0 amide bonds. The van der Waals surface area contributed by atoms with E-state index in [2.05, 4.69) is 40.3 Å². The Bertz CT molecular complexity index is 668. The van der Waals surface area contributed by atoms with Crippen molar-refractivity contribution in [2.24, 2.45) is 0 Å². The Morgan fingerprint density at radius 2 is 2.18 bits per heavy atom. The zero-order valence-corrected chi connectivity index (χ0v) is 12.9. The summed E-state index contributed by atoms with van der Waals surface area (Å²) in [7, 11) is 2.08. The average Bonchev–Trinajstić information content (AvgIpc) is 3.16. The Labute approximate surface area is 130 Å². The van der Waals surface area contributed by atoms with Gasteiger partial charge >= 0.3 is 0 Å². The summed E-state index contributed by atoms with van der Waals surface area (Å²) >= 11 is 0. The Kier molecular flexibility index (Phi) is 3.68. The van der Waals surface area contributed by atoms with Crippen molar-refractivity contribution in [3.05, 3.63) is 46.6 Å². The van der Waals surface area contributed by atoms with Gasteiger partial charge in [0.05, 0.1) is 6.61 Å². The van der Waals surface area contributed by atoms with Gasteiger partial charge in [-0.3, -0.25) is 0 Å². The van der Waals surface area contributed by atoms with E-state index in [0.717, 1.165) is 25.3 Å². The van der Waals surface area contributed by atoms with Crippen LogP contribution in [-0.4, -0.2) is 41.8 Å². The lowest BCUT2D eigenvalue weighted by atomic mass is 10.0. The van der Waals surface area contributed by atoms with E-state index in [1.54, 1.807) is 0 Å². The highest BCUT2D eigenvalue weighted by Gasteiger charge is 2.25. The summed E-state index contributed by atoms with van der Waals surface area (Å²) in [6.07, 6.45) is 4.31. The third-order valence-corrected chi connectivity index (χ3v) is 4.55. The molecule has 5 nitrogen and oxygen atoms in total. The number of fused-ring (bicyclic) bond motifs is 1. The van der Waals surface area contributed by atoms with Gasteiger partial charge in [-0.15, -0.1) is 0 Å². The number of aromatic nitrogens is 2. The maximum absolute atomic E-state index is 5.72. The molecular weight excluding hydrogens is 278 g/mol. The maximum atomic E-state index is 5.72. The largest absolute Gasteiger partial charge is 0.366 e. The SMILES string of the molecule is CN1CCOC(c2nc(Cc3ccc4c(c3)CCC4)no2)C1. The number of morpholine rings is 1. The molecule has 1 aromatic carbocycles. The molecule has 0 saturated carbocycles. The highest BCUT2D eigenvalue weighted by atomic mass is 16.5. The van der Waals surface area contributed by atoms with Crippen LogP contribution >= 0.6 is 0 Å². The molecule has 1 atom stereocenters. The second kappa shape index (κ2) is 5.82. The molecular formula is C17H21N3O2. The monoisotopic (exact) mass is 299 g/mol. The van der Waals surface area contributed by atoms with Gasteiger partial charge in [0, 0.05) is 19.5 Å². The predicted octanol–water partition coefficient (Wildman–Crippen LogP) is 2.15. The van der Waals surface area contributed by atoms with Gasteiger partial charge in [-0.2, -0.15) is 4.98 Å². The molecule has 2 aromatic rings. The van der Waals surface area contributed by atoms with Crippen molar-refractivity contribution in [1.29, 1.82) is 0 Å². The van der Waals surface area contributed by atoms with E-state index in [-0.39, 0.29) is 6.10 Å². The van der Waals surface area contributed by atoms with Crippen molar-refractivity contribution in [3.8, 4) is 0 Å². The lowest BCUT2D eigenvalue weighted by molar-refractivity contribution is -0.0366. The molecule has 1 fully saturated rings. The molecule has 0 radical (unpaired) electrons. The van der Waals surface area contributed by atoms with Crippen LogP contribution < -0.4 is 0 Å². The van der Waals surface area contributed by atoms with Crippen LogP contribution in [0, 0.1) is 0 Å². The molecule has 0 N–H and O–H groups in total. The van der Waals surface area contributed by atoms with Crippen molar-refractivity contribution in [3.63, 3.8) is 0 Å². The molecule has 1 aromatic heterocycles. The minimum Gasteiger partial charge on any atom is -0.366 e. The zero-order valence-electron chi connectivity index (χ0n) is 12.9. The normalized spacial score (nSPS) is 22.0. The molecule has 4 rings (SSSR count). The molecule has 2 aliphatic rings. The van der Waals surface area contributed by atoms with Crippen LogP contribution in [0.5, 0.6) is 0 Å². The Morgan fingerprint density at radius 3 is 3.09 bits per heavy atom. The van der Waals surface area contributed by atoms with Gasteiger partial charge in [0.1, 0.15) is 6.10 Å². The van der Waals surface area contributed by atoms with Crippen LogP contribution in [0.2, 0.25) is 0 Å². The molecule has 2 heterocycles. The first-order chi connectivity index (χ1) is 10.8. The van der Waals surface area contributed by atoms with Gasteiger partial charge < -0.3 is 14.2 Å². The first-order valence-corrected chi connectivity index (χ1v) is 8.01. The van der Waals surface area contributed by atoms with Crippen LogP contribution in [-0.2, 0) is 24.0 Å². The van der Waals surface area contributed by atoms with Crippen LogP contribution in [0.3, 0.4) is 0 Å². The fourth-order valence-electron chi connectivity index (χ4n) is 3.32. The fourth-order valence-corrected chi connectivity index (χ4v) is 3.32. The number of hydrogen-bond acceptors (Lipinski definition) is 5. The number of ether oxygens (including phenoxy) is 1. The lowest BCUT2D eigenvalue weighted by Crippen LogP contribution is -2.35. The summed E-state index contributed by atoms with van der Waals surface area (Å²) in [4.78, 5) is 6.75. The van der Waals surface area contributed by atoms with E-state index in [1.807, 2.05) is 0 Å². The van der Waals surface area contributed by atoms with E-state index in [1.165, 1.54) is 36.0 Å². The number of aryl methyl sites for hydroxylation is 2. The Morgan fingerprint density at radius 1 is 1.27 bits per heavy atom. The third-order valence-electron chi connectivity index (χ3n) is 4.55. The second-order valence-corrected chi connectivity index (χ2v) is 6.30. The molecule has 1 unspecified atom stereocenters. The lowest BCUT2D eigenvalue weighted by Gasteiger charge is -2.27. The van der Waals surface area contributed by atoms with Gasteiger partial charge in [-0.05, 0) is 43.0 Å². The number of benzene rings is 1. The van der Waals surface area contributed by atoms with E-state index in [9.17, 15) is 0 Å².